The summed E-state index contributed by atoms with van der Waals surface area (Å²) in [5.41, 5.74) is 0. The summed E-state index contributed by atoms with van der Waals surface area (Å²) in [6, 6.07) is 3.32. The minimum atomic E-state index is -1.17. The fraction of sp³-hybridized carbons (Fsp3) is 0.143. The van der Waals surface area contributed by atoms with Crippen LogP contribution in [0.3, 0.4) is 0 Å². The quantitative estimate of drug-likeness (QED) is 0.648. The van der Waals surface area contributed by atoms with Crippen LogP contribution in [-0.4, -0.2) is 6.86 Å². The molecular formula is C7H5F3O. The molecule has 0 aliphatic heterocycles. The van der Waals surface area contributed by atoms with Gasteiger partial charge in [-0.2, -0.15) is 4.39 Å². The van der Waals surface area contributed by atoms with Gasteiger partial charge in [-0.1, -0.05) is 6.07 Å². The van der Waals surface area contributed by atoms with Gasteiger partial charge >= 0.3 is 0 Å². The maximum absolute atomic E-state index is 12.5. The van der Waals surface area contributed by atoms with Crippen LogP contribution < -0.4 is 4.74 Å². The summed E-state index contributed by atoms with van der Waals surface area (Å²) < 4.78 is 40.5. The third-order valence-corrected chi connectivity index (χ3v) is 1.13. The Bertz CT molecular complexity index is 249. The number of rotatable bonds is 2. The number of benzene rings is 1. The van der Waals surface area contributed by atoms with Crippen molar-refractivity contribution in [1.29, 1.82) is 0 Å². The fourth-order valence-electron chi connectivity index (χ4n) is 0.654. The van der Waals surface area contributed by atoms with E-state index in [2.05, 4.69) is 4.74 Å². The van der Waals surface area contributed by atoms with E-state index in [1.165, 1.54) is 6.07 Å². The number of alkyl halides is 1. The second-order valence-corrected chi connectivity index (χ2v) is 1.81. The molecule has 0 aliphatic rings. The van der Waals surface area contributed by atoms with Crippen molar-refractivity contribution in [3.8, 4) is 5.75 Å². The average molecular weight is 162 g/mol. The van der Waals surface area contributed by atoms with Crippen molar-refractivity contribution in [2.24, 2.45) is 0 Å². The van der Waals surface area contributed by atoms with Crippen LogP contribution in [0, 0.1) is 11.6 Å². The molecule has 0 saturated heterocycles. The smallest absolute Gasteiger partial charge is 0.228 e. The van der Waals surface area contributed by atoms with E-state index in [0.717, 1.165) is 12.1 Å². The number of ether oxygens (including phenoxy) is 1. The summed E-state index contributed by atoms with van der Waals surface area (Å²) in [7, 11) is 0. The molecule has 0 aromatic heterocycles. The largest absolute Gasteiger partial charge is 0.460 e. The van der Waals surface area contributed by atoms with Crippen LogP contribution in [0.25, 0.3) is 0 Å². The number of hydrogen-bond acceptors (Lipinski definition) is 1. The summed E-state index contributed by atoms with van der Waals surface area (Å²) in [6.45, 7) is -1.17. The Balaban J connectivity index is 2.96. The SMILES string of the molecule is FCOc1cccc(F)c1F. The summed E-state index contributed by atoms with van der Waals surface area (Å²) in [4.78, 5) is 0. The van der Waals surface area contributed by atoms with E-state index in [9.17, 15) is 13.2 Å². The third kappa shape index (κ3) is 1.63. The normalized spacial score (nSPS) is 9.73. The van der Waals surface area contributed by atoms with Gasteiger partial charge in [0, 0.05) is 0 Å². The Morgan fingerprint density at radius 2 is 2.00 bits per heavy atom. The molecule has 0 aliphatic carbocycles. The highest BCUT2D eigenvalue weighted by Gasteiger charge is 2.07. The maximum atomic E-state index is 12.5. The summed E-state index contributed by atoms with van der Waals surface area (Å²) in [5.74, 6) is -2.62. The molecule has 1 aromatic carbocycles. The standard InChI is InChI=1S/C7H5F3O/c8-4-11-6-3-1-2-5(9)7(6)10/h1-3H,4H2. The van der Waals surface area contributed by atoms with Crippen LogP contribution in [0.2, 0.25) is 0 Å². The van der Waals surface area contributed by atoms with Crippen LogP contribution >= 0.6 is 0 Å². The second-order valence-electron chi connectivity index (χ2n) is 1.81. The third-order valence-electron chi connectivity index (χ3n) is 1.13. The lowest BCUT2D eigenvalue weighted by Gasteiger charge is -2.01. The van der Waals surface area contributed by atoms with Crippen molar-refractivity contribution >= 4 is 0 Å². The molecule has 0 N–H and O–H groups in total. The predicted molar refractivity (Wildman–Crippen MR) is 33.0 cm³/mol. The molecule has 11 heavy (non-hydrogen) atoms. The van der Waals surface area contributed by atoms with Gasteiger partial charge in [-0.3, -0.25) is 0 Å². The Morgan fingerprint density at radius 1 is 1.27 bits per heavy atom. The van der Waals surface area contributed by atoms with E-state index in [-0.39, 0.29) is 0 Å². The first-order valence-electron chi connectivity index (χ1n) is 2.88. The van der Waals surface area contributed by atoms with Gasteiger partial charge in [-0.25, -0.2) is 8.78 Å². The predicted octanol–water partition coefficient (Wildman–Crippen LogP) is 2.27. The number of hydrogen-bond donors (Lipinski definition) is 0. The van der Waals surface area contributed by atoms with Gasteiger partial charge in [0.2, 0.25) is 12.7 Å². The molecule has 0 unspecified atom stereocenters. The highest BCUT2D eigenvalue weighted by Crippen LogP contribution is 2.18. The average Bonchev–Trinajstić information content (AvgIpc) is 1.99. The topological polar surface area (TPSA) is 9.23 Å². The van der Waals surface area contributed by atoms with E-state index in [1.807, 2.05) is 0 Å². The molecule has 0 heterocycles. The summed E-state index contributed by atoms with van der Waals surface area (Å²) >= 11 is 0. The molecule has 1 rings (SSSR count). The molecule has 0 bridgehead atoms. The zero-order valence-electron chi connectivity index (χ0n) is 5.48. The monoisotopic (exact) mass is 162 g/mol. The molecule has 60 valence electrons. The lowest BCUT2D eigenvalue weighted by Crippen LogP contribution is -1.94. The molecular weight excluding hydrogens is 157 g/mol. The first kappa shape index (κ1) is 7.91. The molecule has 0 saturated carbocycles. The van der Waals surface area contributed by atoms with Crippen molar-refractivity contribution in [1.82, 2.24) is 0 Å². The van der Waals surface area contributed by atoms with Crippen LogP contribution in [0.15, 0.2) is 18.2 Å². The molecule has 1 aromatic rings. The van der Waals surface area contributed by atoms with Gasteiger partial charge in [0.25, 0.3) is 0 Å². The Kier molecular flexibility index (Phi) is 2.36. The number of halogens is 3. The van der Waals surface area contributed by atoms with Crippen LogP contribution in [0.5, 0.6) is 5.75 Å². The van der Waals surface area contributed by atoms with Crippen molar-refractivity contribution in [2.75, 3.05) is 6.86 Å². The van der Waals surface area contributed by atoms with Gasteiger partial charge in [-0.05, 0) is 12.1 Å². The van der Waals surface area contributed by atoms with Crippen molar-refractivity contribution in [3.05, 3.63) is 29.8 Å². The van der Waals surface area contributed by atoms with Gasteiger partial charge < -0.3 is 4.74 Å². The Morgan fingerprint density at radius 3 is 2.64 bits per heavy atom. The highest BCUT2D eigenvalue weighted by molar-refractivity contribution is 5.24. The lowest BCUT2D eigenvalue weighted by atomic mass is 10.3. The molecule has 0 fully saturated rings. The van der Waals surface area contributed by atoms with E-state index >= 15 is 0 Å². The molecule has 0 atom stereocenters. The minimum Gasteiger partial charge on any atom is -0.460 e. The van der Waals surface area contributed by atoms with Crippen molar-refractivity contribution in [3.63, 3.8) is 0 Å². The molecule has 4 heteroatoms. The first-order chi connectivity index (χ1) is 5.25. The van der Waals surface area contributed by atoms with Crippen molar-refractivity contribution in [2.45, 2.75) is 0 Å². The molecule has 0 radical (unpaired) electrons. The Labute approximate surface area is 61.4 Å². The zero-order chi connectivity index (χ0) is 8.27. The van der Waals surface area contributed by atoms with Crippen LogP contribution in [0.4, 0.5) is 13.2 Å². The van der Waals surface area contributed by atoms with Crippen molar-refractivity contribution < 1.29 is 17.9 Å². The summed E-state index contributed by atoms with van der Waals surface area (Å²) in [5, 5.41) is 0. The lowest BCUT2D eigenvalue weighted by molar-refractivity contribution is 0.182. The second kappa shape index (κ2) is 3.27. The van der Waals surface area contributed by atoms with Gasteiger partial charge in [-0.15, -0.1) is 0 Å². The van der Waals surface area contributed by atoms with E-state index < -0.39 is 24.2 Å². The molecule has 0 spiro atoms. The molecule has 0 amide bonds. The van der Waals surface area contributed by atoms with Gasteiger partial charge in [0.05, 0.1) is 0 Å². The van der Waals surface area contributed by atoms with Gasteiger partial charge in [0.1, 0.15) is 0 Å². The van der Waals surface area contributed by atoms with Crippen LogP contribution in [0.1, 0.15) is 0 Å². The zero-order valence-corrected chi connectivity index (χ0v) is 5.48. The fourth-order valence-corrected chi connectivity index (χ4v) is 0.654. The molecule has 1 nitrogen and oxygen atoms in total. The minimum absolute atomic E-state index is 0.410. The van der Waals surface area contributed by atoms with E-state index in [0.29, 0.717) is 0 Å². The van der Waals surface area contributed by atoms with Crippen LogP contribution in [-0.2, 0) is 0 Å². The maximum Gasteiger partial charge on any atom is 0.228 e. The van der Waals surface area contributed by atoms with Gasteiger partial charge in [0.15, 0.2) is 11.6 Å². The highest BCUT2D eigenvalue weighted by atomic mass is 19.2. The first-order valence-corrected chi connectivity index (χ1v) is 2.88. The Hall–Kier alpha value is -1.19. The van der Waals surface area contributed by atoms with E-state index in [4.69, 9.17) is 0 Å². The summed E-state index contributed by atoms with van der Waals surface area (Å²) in [6.07, 6.45) is 0. The van der Waals surface area contributed by atoms with E-state index in [1.54, 1.807) is 0 Å².